The molecule has 0 radical (unpaired) electrons. The average molecular weight is 1100 g/mol. The number of likely N-dealkylation sites (tertiary alicyclic amines) is 1. The van der Waals surface area contributed by atoms with E-state index in [4.69, 9.17) is 0 Å². The molecule has 1 aliphatic carbocycles. The Bertz CT molecular complexity index is 3190. The van der Waals surface area contributed by atoms with E-state index in [1.54, 1.807) is 42.1 Å². The quantitative estimate of drug-likeness (QED) is 0.0438. The molecule has 20 heteroatoms. The van der Waals surface area contributed by atoms with Crippen LogP contribution in [0, 0.1) is 29.9 Å². The van der Waals surface area contributed by atoms with Crippen molar-refractivity contribution in [2.45, 2.75) is 136 Å². The number of sulfone groups is 1. The van der Waals surface area contributed by atoms with E-state index in [2.05, 4.69) is 30.9 Å². The minimum atomic E-state index is -3.66. The van der Waals surface area contributed by atoms with Crippen molar-refractivity contribution >= 4 is 67.7 Å². The summed E-state index contributed by atoms with van der Waals surface area (Å²) in [5.74, 6) is -4.69. The summed E-state index contributed by atoms with van der Waals surface area (Å²) < 4.78 is 55.3. The third kappa shape index (κ3) is 13.4. The number of nitrogens with zero attached hydrogens (tertiary/aromatic N) is 4. The predicted octanol–water partition coefficient (Wildman–Crippen LogP) is 8.63. The highest BCUT2D eigenvalue weighted by Gasteiger charge is 2.44. The Morgan fingerprint density at radius 1 is 0.961 bits per heavy atom. The zero-order chi connectivity index (χ0) is 55.3. The zero-order valence-electron chi connectivity index (χ0n) is 44.4. The number of benzene rings is 2. The number of carbonyl (C=O) groups is 5. The summed E-state index contributed by atoms with van der Waals surface area (Å²) in [4.78, 5) is 83.6. The number of fused-ring (bicyclic) bond motifs is 2. The number of allylic oxidation sites excluding steroid dienone is 1. The summed E-state index contributed by atoms with van der Waals surface area (Å²) in [5.41, 5.74) is 7.39. The minimum absolute atomic E-state index is 0.0100. The lowest BCUT2D eigenvalue weighted by Crippen LogP contribution is -2.57. The SMILES string of the molecule is Cc1ncsc1-c1ccc(CNC(=O)[C@@H]2C[C@@H](O)CN2C(=O)[C@@H](NC(=O)CCCCCCCCCCNC(=O)c2cc3c(cc2CS(C)(=O)=O)C2=CC(C)C(=O)c4[nH]cc(c42)CN3c2ncc(F)cc2F)C(C)(C)C)cc1. The van der Waals surface area contributed by atoms with Gasteiger partial charge in [-0.25, -0.2) is 27.2 Å². The monoisotopic (exact) mass is 1090 g/mol. The number of pyridine rings is 1. The number of aliphatic hydroxyl groups is 1. The number of thiazole rings is 1. The highest BCUT2D eigenvalue weighted by atomic mass is 32.2. The molecule has 2 aromatic carbocycles. The van der Waals surface area contributed by atoms with Gasteiger partial charge in [0, 0.05) is 73.6 Å². The first-order valence-corrected chi connectivity index (χ1v) is 29.3. The molecule has 0 saturated carbocycles. The van der Waals surface area contributed by atoms with Crippen molar-refractivity contribution in [1.29, 1.82) is 0 Å². The lowest BCUT2D eigenvalue weighted by atomic mass is 9.83. The third-order valence-corrected chi connectivity index (χ3v) is 16.3. The van der Waals surface area contributed by atoms with Crippen molar-refractivity contribution < 1.29 is 46.3 Å². The van der Waals surface area contributed by atoms with Gasteiger partial charge in [-0.05, 0) is 65.1 Å². The Balaban J connectivity index is 0.792. The number of hydrogen-bond donors (Lipinski definition) is 5. The lowest BCUT2D eigenvalue weighted by molar-refractivity contribution is -0.144. The second-order valence-electron chi connectivity index (χ2n) is 21.7. The molecule has 1 saturated heterocycles. The standard InChI is InChI=1S/C57H68F2N8O8S2/c1-33-21-43-42-22-37(31-77(6,74)75)41(25-45(42)66(53-44(59)23-39(58)28-62-53)29-38-27-61-49(48(38)43)50(33)70)54(71)60-20-14-12-10-8-7-9-11-13-15-47(69)65-52(57(3,4)5)56(73)67-30-40(68)24-46(67)55(72)63-26-35-16-18-36(19-17-35)51-34(2)64-32-76-51/h16-19,21-23,25,27-28,32-33,40,46,52,61,68H,7-15,20,24,26,29-31H2,1-6H3,(H,60,71)(H,63,72)(H,65,69)/t33?,40-,46+,52-/m1/s1. The molecule has 8 rings (SSSR count). The number of carbonyl (C=O) groups excluding carboxylic acids is 5. The number of rotatable bonds is 21. The van der Waals surface area contributed by atoms with Gasteiger partial charge in [-0.1, -0.05) is 96.6 Å². The molecule has 4 amide bonds. The predicted molar refractivity (Wildman–Crippen MR) is 292 cm³/mol. The number of Topliss-reactive ketones (excluding diaryl/α,β-unsaturated/α-hetero) is 1. The molecule has 77 heavy (non-hydrogen) atoms. The molecule has 3 aromatic heterocycles. The molecule has 1 unspecified atom stereocenters. The molecule has 2 aliphatic heterocycles. The van der Waals surface area contributed by atoms with Crippen molar-refractivity contribution in [3.8, 4) is 10.4 Å². The lowest BCUT2D eigenvalue weighted by Gasteiger charge is -2.35. The van der Waals surface area contributed by atoms with Gasteiger partial charge in [0.2, 0.25) is 17.7 Å². The number of hydrogen-bond acceptors (Lipinski definition) is 12. The number of halogens is 2. The largest absolute Gasteiger partial charge is 0.391 e. The number of β-amino-alcohol motifs (C(OH)–C–C–N with tert-alkyl or cyclic N) is 1. The fourth-order valence-electron chi connectivity index (χ4n) is 10.5. The topological polar surface area (TPSA) is 224 Å². The number of H-pyrrole nitrogens is 1. The molecule has 0 bridgehead atoms. The highest BCUT2D eigenvalue weighted by Crippen LogP contribution is 2.47. The van der Waals surface area contributed by atoms with Crippen molar-refractivity contribution in [2.75, 3.05) is 24.2 Å². The Hall–Kier alpha value is -6.64. The normalized spacial score (nSPS) is 17.5. The Kier molecular flexibility index (Phi) is 17.6. The van der Waals surface area contributed by atoms with Gasteiger partial charge in [0.05, 0.1) is 52.1 Å². The second kappa shape index (κ2) is 23.9. The molecule has 5 aromatic rings. The summed E-state index contributed by atoms with van der Waals surface area (Å²) >= 11 is 1.56. The number of aromatic amines is 1. The van der Waals surface area contributed by atoms with Crippen molar-refractivity contribution in [3.05, 3.63) is 123 Å². The van der Waals surface area contributed by atoms with E-state index in [0.29, 0.717) is 53.0 Å². The maximum atomic E-state index is 15.5. The van der Waals surface area contributed by atoms with Gasteiger partial charge in [0.25, 0.3) is 5.91 Å². The van der Waals surface area contributed by atoms with Crippen LogP contribution in [0.3, 0.4) is 0 Å². The molecule has 3 aliphatic rings. The maximum Gasteiger partial charge on any atom is 0.251 e. The molecule has 1 fully saturated rings. The second-order valence-corrected chi connectivity index (χ2v) is 24.7. The Labute approximate surface area is 452 Å². The molecular weight excluding hydrogens is 1030 g/mol. The van der Waals surface area contributed by atoms with E-state index in [1.807, 2.05) is 52.0 Å². The number of aryl methyl sites for hydroxylation is 1. The number of amides is 4. The van der Waals surface area contributed by atoms with E-state index in [0.717, 1.165) is 78.7 Å². The van der Waals surface area contributed by atoms with E-state index < -0.39 is 68.6 Å². The number of ketones is 1. The van der Waals surface area contributed by atoms with Crippen LogP contribution in [-0.4, -0.2) is 100 Å². The molecule has 5 heterocycles. The molecular formula is C57H68F2N8O8S2. The number of aliphatic hydroxyl groups excluding tert-OH is 1. The Morgan fingerprint density at radius 3 is 2.32 bits per heavy atom. The van der Waals surface area contributed by atoms with Gasteiger partial charge < -0.3 is 35.8 Å². The van der Waals surface area contributed by atoms with Crippen LogP contribution in [0.4, 0.5) is 20.3 Å². The fourth-order valence-corrected chi connectivity index (χ4v) is 12.1. The van der Waals surface area contributed by atoms with Crippen molar-refractivity contribution in [1.82, 2.24) is 35.8 Å². The fraction of sp³-hybridized carbons (Fsp3) is 0.456. The Morgan fingerprint density at radius 2 is 1.66 bits per heavy atom. The van der Waals surface area contributed by atoms with Crippen LogP contribution >= 0.6 is 11.3 Å². The van der Waals surface area contributed by atoms with E-state index in [1.165, 1.54) is 15.9 Å². The van der Waals surface area contributed by atoms with Crippen LogP contribution in [0.25, 0.3) is 16.0 Å². The van der Waals surface area contributed by atoms with Crippen LogP contribution in [0.2, 0.25) is 0 Å². The van der Waals surface area contributed by atoms with Gasteiger partial charge >= 0.3 is 0 Å². The number of nitrogens with one attached hydrogen (secondary N) is 4. The zero-order valence-corrected chi connectivity index (χ0v) is 46.1. The summed E-state index contributed by atoms with van der Waals surface area (Å²) in [6.07, 6.45) is 11.5. The summed E-state index contributed by atoms with van der Waals surface area (Å²) in [7, 11) is -3.66. The summed E-state index contributed by atoms with van der Waals surface area (Å²) in [5, 5.41) is 19.4. The van der Waals surface area contributed by atoms with Crippen LogP contribution in [0.15, 0.2) is 66.4 Å². The van der Waals surface area contributed by atoms with Crippen LogP contribution in [0.5, 0.6) is 0 Å². The average Bonchev–Trinajstić information content (AvgIpc) is 4.17. The van der Waals surface area contributed by atoms with E-state index >= 15 is 4.39 Å². The smallest absolute Gasteiger partial charge is 0.251 e. The first kappa shape index (κ1) is 56.6. The van der Waals surface area contributed by atoms with Crippen LogP contribution in [0.1, 0.15) is 146 Å². The maximum absolute atomic E-state index is 15.5. The first-order chi connectivity index (χ1) is 36.6. The third-order valence-electron chi connectivity index (χ3n) is 14.5. The van der Waals surface area contributed by atoms with Crippen molar-refractivity contribution in [3.63, 3.8) is 0 Å². The van der Waals surface area contributed by atoms with Crippen molar-refractivity contribution in [2.24, 2.45) is 11.3 Å². The summed E-state index contributed by atoms with van der Waals surface area (Å²) in [6, 6.07) is 9.93. The first-order valence-electron chi connectivity index (χ1n) is 26.3. The van der Waals surface area contributed by atoms with E-state index in [9.17, 15) is 41.9 Å². The van der Waals surface area contributed by atoms with Gasteiger partial charge in [-0.2, -0.15) is 0 Å². The molecule has 410 valence electrons. The van der Waals surface area contributed by atoms with Gasteiger partial charge in [-0.3, -0.25) is 24.0 Å². The van der Waals surface area contributed by atoms with Crippen LogP contribution in [-0.2, 0) is 43.1 Å². The minimum Gasteiger partial charge on any atom is -0.391 e. The number of aromatic nitrogens is 3. The van der Waals surface area contributed by atoms with Gasteiger partial charge in [0.15, 0.2) is 27.3 Å². The molecule has 0 spiro atoms. The molecule has 4 atom stereocenters. The van der Waals surface area contributed by atoms with Gasteiger partial charge in [0.1, 0.15) is 17.9 Å². The summed E-state index contributed by atoms with van der Waals surface area (Å²) in [6.45, 7) is 9.85. The van der Waals surface area contributed by atoms with Gasteiger partial charge in [-0.15, -0.1) is 11.3 Å². The van der Waals surface area contributed by atoms with Crippen LogP contribution < -0.4 is 20.9 Å². The number of unbranched alkanes of at least 4 members (excludes halogenated alkanes) is 7. The highest BCUT2D eigenvalue weighted by molar-refractivity contribution is 7.89. The van der Waals surface area contributed by atoms with E-state index in [-0.39, 0.29) is 67.0 Å². The molecule has 16 nitrogen and oxygen atoms in total. The molecule has 5 N–H and O–H groups in total. The number of anilines is 2.